The van der Waals surface area contributed by atoms with Gasteiger partial charge in [-0.3, -0.25) is 0 Å². The lowest BCUT2D eigenvalue weighted by Gasteiger charge is -2.22. The molecule has 3 heteroatoms. The summed E-state index contributed by atoms with van der Waals surface area (Å²) in [5, 5.41) is 12.2. The van der Waals surface area contributed by atoms with Crippen molar-refractivity contribution in [2.45, 2.75) is 39.8 Å². The molecule has 0 aliphatic carbocycles. The molecule has 0 saturated carbocycles. The first-order chi connectivity index (χ1) is 7.92. The van der Waals surface area contributed by atoms with Gasteiger partial charge in [-0.05, 0) is 33.8 Å². The number of nitrogens with one attached hydrogen (secondary N) is 1. The second-order valence-corrected chi connectivity index (χ2v) is 5.29. The topological polar surface area (TPSA) is 41.5 Å². The fourth-order valence-corrected chi connectivity index (χ4v) is 1.50. The molecule has 0 spiro atoms. The monoisotopic (exact) mass is 237 g/mol. The molecule has 1 aromatic carbocycles. The van der Waals surface area contributed by atoms with Gasteiger partial charge in [-0.25, -0.2) is 0 Å². The Morgan fingerprint density at radius 3 is 2.59 bits per heavy atom. The summed E-state index contributed by atoms with van der Waals surface area (Å²) in [5.74, 6) is 0.849. The van der Waals surface area contributed by atoms with E-state index in [2.05, 4.69) is 39.1 Å². The molecule has 0 fully saturated rings. The summed E-state index contributed by atoms with van der Waals surface area (Å²) in [6.45, 7) is 9.62. The fraction of sp³-hybridized carbons (Fsp3) is 0.571. The lowest BCUT2D eigenvalue weighted by Crippen LogP contribution is -2.35. The third-order valence-corrected chi connectivity index (χ3v) is 2.37. The maximum absolute atomic E-state index is 8.79. The summed E-state index contributed by atoms with van der Waals surface area (Å²) in [7, 11) is 0. The highest BCUT2D eigenvalue weighted by Gasteiger charge is 2.11. The zero-order chi connectivity index (χ0) is 12.9. The average molecular weight is 237 g/mol. The van der Waals surface area contributed by atoms with E-state index in [0.717, 1.165) is 17.9 Å². The molecule has 3 nitrogen and oxygen atoms in total. The third kappa shape index (κ3) is 5.20. The number of ether oxygens (including phenoxy) is 1. The Bertz CT molecular complexity index is 356. The third-order valence-electron chi connectivity index (χ3n) is 2.37. The SMILES string of the molecule is Cc1ccc(OCCO)c(CNC(C)(C)C)c1. The van der Waals surface area contributed by atoms with Crippen LogP contribution >= 0.6 is 0 Å². The van der Waals surface area contributed by atoms with E-state index in [4.69, 9.17) is 9.84 Å². The first-order valence-corrected chi connectivity index (χ1v) is 6.00. The molecule has 0 aliphatic rings. The molecule has 0 aromatic heterocycles. The summed E-state index contributed by atoms with van der Waals surface area (Å²) >= 11 is 0. The first kappa shape index (κ1) is 14.0. The van der Waals surface area contributed by atoms with E-state index in [1.807, 2.05) is 12.1 Å². The largest absolute Gasteiger partial charge is 0.491 e. The van der Waals surface area contributed by atoms with E-state index in [9.17, 15) is 0 Å². The van der Waals surface area contributed by atoms with Crippen LogP contribution in [-0.4, -0.2) is 23.9 Å². The Hall–Kier alpha value is -1.06. The molecule has 0 aliphatic heterocycles. The van der Waals surface area contributed by atoms with Crippen molar-refractivity contribution in [2.24, 2.45) is 0 Å². The van der Waals surface area contributed by atoms with Gasteiger partial charge in [0, 0.05) is 17.6 Å². The standard InChI is InChI=1S/C14H23NO2/c1-11-5-6-13(17-8-7-16)12(9-11)10-15-14(2,3)4/h5-6,9,15-16H,7-8,10H2,1-4H3. The summed E-state index contributed by atoms with van der Waals surface area (Å²) < 4.78 is 5.52. The molecule has 1 aromatic rings. The van der Waals surface area contributed by atoms with Crippen molar-refractivity contribution in [2.75, 3.05) is 13.2 Å². The van der Waals surface area contributed by atoms with Crippen LogP contribution in [0.1, 0.15) is 31.9 Å². The normalized spacial score (nSPS) is 11.6. The molecule has 0 bridgehead atoms. The number of benzene rings is 1. The van der Waals surface area contributed by atoms with Gasteiger partial charge < -0.3 is 15.2 Å². The van der Waals surface area contributed by atoms with Gasteiger partial charge in [0.25, 0.3) is 0 Å². The van der Waals surface area contributed by atoms with Gasteiger partial charge in [-0.2, -0.15) is 0 Å². The Morgan fingerprint density at radius 2 is 2.00 bits per heavy atom. The minimum atomic E-state index is 0.0417. The predicted molar refractivity (Wildman–Crippen MR) is 70.4 cm³/mol. The van der Waals surface area contributed by atoms with Crippen LogP contribution in [0.4, 0.5) is 0 Å². The van der Waals surface area contributed by atoms with Crippen LogP contribution in [0, 0.1) is 6.92 Å². The zero-order valence-corrected chi connectivity index (χ0v) is 11.2. The van der Waals surface area contributed by atoms with Gasteiger partial charge >= 0.3 is 0 Å². The zero-order valence-electron chi connectivity index (χ0n) is 11.2. The second-order valence-electron chi connectivity index (χ2n) is 5.29. The highest BCUT2D eigenvalue weighted by Crippen LogP contribution is 2.20. The summed E-state index contributed by atoms with van der Waals surface area (Å²) in [5.41, 5.74) is 2.43. The van der Waals surface area contributed by atoms with Gasteiger partial charge in [0.15, 0.2) is 0 Å². The van der Waals surface area contributed by atoms with Gasteiger partial charge in [0.1, 0.15) is 12.4 Å². The van der Waals surface area contributed by atoms with Crippen molar-refractivity contribution in [3.63, 3.8) is 0 Å². The summed E-state index contributed by atoms with van der Waals surface area (Å²) in [6, 6.07) is 6.10. The van der Waals surface area contributed by atoms with E-state index in [-0.39, 0.29) is 12.1 Å². The van der Waals surface area contributed by atoms with Gasteiger partial charge in [0.2, 0.25) is 0 Å². The van der Waals surface area contributed by atoms with Crippen molar-refractivity contribution in [1.82, 2.24) is 5.32 Å². The van der Waals surface area contributed by atoms with Gasteiger partial charge in [-0.15, -0.1) is 0 Å². The minimum absolute atomic E-state index is 0.0417. The van der Waals surface area contributed by atoms with Crippen molar-refractivity contribution in [3.05, 3.63) is 29.3 Å². The van der Waals surface area contributed by atoms with Crippen LogP contribution in [0.2, 0.25) is 0 Å². The number of hydrogen-bond donors (Lipinski definition) is 2. The van der Waals surface area contributed by atoms with Crippen LogP contribution in [0.25, 0.3) is 0 Å². The van der Waals surface area contributed by atoms with E-state index in [1.165, 1.54) is 5.56 Å². The molecule has 0 amide bonds. The summed E-state index contributed by atoms with van der Waals surface area (Å²) in [4.78, 5) is 0. The van der Waals surface area contributed by atoms with E-state index in [0.29, 0.717) is 6.61 Å². The van der Waals surface area contributed by atoms with Gasteiger partial charge in [-0.1, -0.05) is 17.7 Å². The molecule has 96 valence electrons. The van der Waals surface area contributed by atoms with Crippen molar-refractivity contribution in [3.8, 4) is 5.75 Å². The number of aryl methyl sites for hydroxylation is 1. The Kier molecular flexibility index (Phi) is 4.97. The Labute approximate surface area is 104 Å². The molecule has 1 rings (SSSR count). The predicted octanol–water partition coefficient (Wildman–Crippen LogP) is 2.25. The smallest absolute Gasteiger partial charge is 0.123 e. The molecule has 17 heavy (non-hydrogen) atoms. The first-order valence-electron chi connectivity index (χ1n) is 6.00. The number of hydrogen-bond acceptors (Lipinski definition) is 3. The van der Waals surface area contributed by atoms with Crippen LogP contribution < -0.4 is 10.1 Å². The maximum atomic E-state index is 8.79. The molecule has 0 saturated heterocycles. The van der Waals surface area contributed by atoms with Crippen LogP contribution in [0.3, 0.4) is 0 Å². The average Bonchev–Trinajstić information content (AvgIpc) is 2.24. The molecular weight excluding hydrogens is 214 g/mol. The van der Waals surface area contributed by atoms with Crippen molar-refractivity contribution >= 4 is 0 Å². The van der Waals surface area contributed by atoms with E-state index < -0.39 is 0 Å². The van der Waals surface area contributed by atoms with Crippen LogP contribution in [0.15, 0.2) is 18.2 Å². The molecule has 0 radical (unpaired) electrons. The van der Waals surface area contributed by atoms with E-state index >= 15 is 0 Å². The summed E-state index contributed by atoms with van der Waals surface area (Å²) in [6.07, 6.45) is 0. The number of rotatable bonds is 5. The highest BCUT2D eigenvalue weighted by molar-refractivity contribution is 5.36. The number of aliphatic hydroxyl groups excluding tert-OH is 1. The molecule has 0 atom stereocenters. The molecule has 0 unspecified atom stereocenters. The Balaban J connectivity index is 2.76. The fourth-order valence-electron chi connectivity index (χ4n) is 1.50. The minimum Gasteiger partial charge on any atom is -0.491 e. The maximum Gasteiger partial charge on any atom is 0.123 e. The lowest BCUT2D eigenvalue weighted by molar-refractivity contribution is 0.200. The number of aliphatic hydroxyl groups is 1. The highest BCUT2D eigenvalue weighted by atomic mass is 16.5. The van der Waals surface area contributed by atoms with Crippen LogP contribution in [-0.2, 0) is 6.54 Å². The molecule has 2 N–H and O–H groups in total. The quantitative estimate of drug-likeness (QED) is 0.825. The lowest BCUT2D eigenvalue weighted by atomic mass is 10.1. The van der Waals surface area contributed by atoms with E-state index in [1.54, 1.807) is 0 Å². The van der Waals surface area contributed by atoms with Gasteiger partial charge in [0.05, 0.1) is 6.61 Å². The molecular formula is C14H23NO2. The van der Waals surface area contributed by atoms with Crippen molar-refractivity contribution < 1.29 is 9.84 Å². The Morgan fingerprint density at radius 1 is 1.29 bits per heavy atom. The molecule has 0 heterocycles. The van der Waals surface area contributed by atoms with Crippen molar-refractivity contribution in [1.29, 1.82) is 0 Å². The van der Waals surface area contributed by atoms with Crippen LogP contribution in [0.5, 0.6) is 5.75 Å². The second kappa shape index (κ2) is 6.03.